The quantitative estimate of drug-likeness (QED) is 0.295. The van der Waals surface area contributed by atoms with E-state index in [9.17, 15) is 0 Å². The summed E-state index contributed by atoms with van der Waals surface area (Å²) < 4.78 is 0. The van der Waals surface area contributed by atoms with Crippen molar-refractivity contribution in [2.45, 2.75) is 0 Å². The molecular weight excluding hydrogens is 170 g/mol. The molecule has 2 heteroatoms. The maximum absolute atomic E-state index is 3.25. The van der Waals surface area contributed by atoms with Gasteiger partial charge < -0.3 is 0 Å². The fraction of sp³-hybridized carbons (Fsp3) is 0. The van der Waals surface area contributed by atoms with Crippen molar-refractivity contribution < 1.29 is 19.5 Å². The van der Waals surface area contributed by atoms with Gasteiger partial charge in [0.25, 0.3) is 0 Å². The van der Waals surface area contributed by atoms with Crippen LogP contribution in [0.2, 0.25) is 0 Å². The van der Waals surface area contributed by atoms with E-state index < -0.39 is 0 Å². The minimum atomic E-state index is 0. The zero-order valence-corrected chi connectivity index (χ0v) is 6.08. The maximum Gasteiger partial charge on any atom is 0 e. The zero-order valence-electron chi connectivity index (χ0n) is 3.03. The van der Waals surface area contributed by atoms with E-state index in [4.69, 9.17) is 0 Å². The number of hydrogen-bond donors (Lipinski definition) is 0. The van der Waals surface area contributed by atoms with Gasteiger partial charge in [-0.15, -0.1) is 0 Å². The summed E-state index contributed by atoms with van der Waals surface area (Å²) in [5.74, 6) is 0. The number of allylic oxidation sites excluding steroid dienone is 1. The SMILES string of the molecule is C=C[CH2-].P.[Rh]. The standard InChI is InChI=1S/C3H5.H3P.Rh/c1-3-2;;/h3H,1-2H2;1H3;/q-1;;. The Morgan fingerprint density at radius 1 is 1.60 bits per heavy atom. The summed E-state index contributed by atoms with van der Waals surface area (Å²) in [5.41, 5.74) is 0. The first kappa shape index (κ1) is 17.4. The van der Waals surface area contributed by atoms with Crippen LogP contribution in [-0.4, -0.2) is 0 Å². The molecule has 0 heterocycles. The molecule has 0 aromatic carbocycles. The molecule has 35 valence electrons. The minimum absolute atomic E-state index is 0. The molecule has 0 aromatic heterocycles. The molecule has 0 aromatic rings. The van der Waals surface area contributed by atoms with Crippen LogP contribution in [0.25, 0.3) is 0 Å². The Balaban J connectivity index is -0.0000000200. The summed E-state index contributed by atoms with van der Waals surface area (Å²) in [5, 5.41) is 0. The molecule has 0 amide bonds. The molecule has 0 rings (SSSR count). The van der Waals surface area contributed by atoms with E-state index >= 15 is 0 Å². The van der Waals surface area contributed by atoms with Gasteiger partial charge in [0.1, 0.15) is 0 Å². The van der Waals surface area contributed by atoms with Crippen LogP contribution in [0.4, 0.5) is 0 Å². The third-order valence-electron chi connectivity index (χ3n) is 0. The molecule has 0 nitrogen and oxygen atoms in total. The van der Waals surface area contributed by atoms with Crippen LogP contribution < -0.4 is 0 Å². The zero-order chi connectivity index (χ0) is 2.71. The fourth-order valence-corrected chi connectivity index (χ4v) is 0. The first-order chi connectivity index (χ1) is 1.41. The van der Waals surface area contributed by atoms with Crippen LogP contribution in [0.5, 0.6) is 0 Å². The third kappa shape index (κ3) is 75.2. The van der Waals surface area contributed by atoms with E-state index in [2.05, 4.69) is 13.5 Å². The second kappa shape index (κ2) is 22.6. The van der Waals surface area contributed by atoms with Crippen LogP contribution in [0.15, 0.2) is 12.7 Å². The Labute approximate surface area is 49.4 Å². The van der Waals surface area contributed by atoms with Gasteiger partial charge in [-0.25, -0.2) is 19.6 Å². The molecule has 0 bridgehead atoms. The second-order valence-electron chi connectivity index (χ2n) is 0.289. The van der Waals surface area contributed by atoms with E-state index in [1.54, 1.807) is 0 Å². The molecule has 1 unspecified atom stereocenters. The molecular formula is C3H8PRh-. The molecule has 1 atom stereocenters. The Morgan fingerprint density at radius 3 is 1.60 bits per heavy atom. The van der Waals surface area contributed by atoms with Crippen LogP contribution >= 0.6 is 9.90 Å². The van der Waals surface area contributed by atoms with E-state index in [-0.39, 0.29) is 29.4 Å². The second-order valence-corrected chi connectivity index (χ2v) is 0.289. The van der Waals surface area contributed by atoms with E-state index in [1.165, 1.54) is 6.08 Å². The molecule has 0 fully saturated rings. The summed E-state index contributed by atoms with van der Waals surface area (Å²) in [6, 6.07) is 0. The molecule has 0 saturated heterocycles. The van der Waals surface area contributed by atoms with Crippen molar-refractivity contribution in [3.63, 3.8) is 0 Å². The Morgan fingerprint density at radius 2 is 1.60 bits per heavy atom. The summed E-state index contributed by atoms with van der Waals surface area (Å²) in [6.07, 6.45) is 1.50. The topological polar surface area (TPSA) is 0 Å². The fourth-order valence-electron chi connectivity index (χ4n) is 0. The van der Waals surface area contributed by atoms with Gasteiger partial charge in [0, 0.05) is 19.5 Å². The van der Waals surface area contributed by atoms with Gasteiger partial charge >= 0.3 is 0 Å². The molecule has 5 heavy (non-hydrogen) atoms. The van der Waals surface area contributed by atoms with Gasteiger partial charge in [-0.3, -0.25) is 0 Å². The van der Waals surface area contributed by atoms with Crippen molar-refractivity contribution in [3.8, 4) is 0 Å². The number of hydrogen-bond acceptors (Lipinski definition) is 0. The molecule has 0 aliphatic heterocycles. The first-order valence-electron chi connectivity index (χ1n) is 0.816. The van der Waals surface area contributed by atoms with Gasteiger partial charge in [0.2, 0.25) is 0 Å². The monoisotopic (exact) mass is 178 g/mol. The molecule has 0 N–H and O–H groups in total. The van der Waals surface area contributed by atoms with E-state index in [1.807, 2.05) is 0 Å². The summed E-state index contributed by atoms with van der Waals surface area (Å²) >= 11 is 0. The van der Waals surface area contributed by atoms with Crippen molar-refractivity contribution in [2.24, 2.45) is 0 Å². The summed E-state index contributed by atoms with van der Waals surface area (Å²) in [7, 11) is 0. The van der Waals surface area contributed by atoms with E-state index in [0.29, 0.717) is 0 Å². The average Bonchev–Trinajstić information content (AvgIpc) is 0.918. The molecule has 0 aliphatic rings. The molecule has 0 aliphatic carbocycles. The van der Waals surface area contributed by atoms with E-state index in [0.717, 1.165) is 0 Å². The van der Waals surface area contributed by atoms with Gasteiger partial charge in [-0.1, -0.05) is 0 Å². The van der Waals surface area contributed by atoms with Crippen LogP contribution in [-0.2, 0) is 19.5 Å². The molecule has 0 spiro atoms. The Bertz CT molecular complexity index is 14.4. The van der Waals surface area contributed by atoms with Crippen molar-refractivity contribution in [1.29, 1.82) is 0 Å². The predicted molar refractivity (Wildman–Crippen MR) is 26.7 cm³/mol. The van der Waals surface area contributed by atoms with Crippen molar-refractivity contribution in [2.75, 3.05) is 0 Å². The first-order valence-corrected chi connectivity index (χ1v) is 0.816. The van der Waals surface area contributed by atoms with Crippen molar-refractivity contribution >= 4 is 9.90 Å². The van der Waals surface area contributed by atoms with Crippen LogP contribution in [0.1, 0.15) is 0 Å². The predicted octanol–water partition coefficient (Wildman–Crippen LogP) is 1.06. The Hall–Kier alpha value is 0.663. The van der Waals surface area contributed by atoms with Crippen molar-refractivity contribution in [1.82, 2.24) is 0 Å². The van der Waals surface area contributed by atoms with Gasteiger partial charge in [0.05, 0.1) is 0 Å². The van der Waals surface area contributed by atoms with Gasteiger partial charge in [-0.2, -0.15) is 9.90 Å². The van der Waals surface area contributed by atoms with Crippen LogP contribution in [0.3, 0.4) is 0 Å². The molecule has 1 radical (unpaired) electrons. The Kier molecular flexibility index (Phi) is 78.5. The largest absolute Gasteiger partial charge is 0.245 e. The average molecular weight is 178 g/mol. The minimum Gasteiger partial charge on any atom is -0.245 e. The normalized spacial score (nSPS) is 2.40. The third-order valence-corrected chi connectivity index (χ3v) is 0. The summed E-state index contributed by atoms with van der Waals surface area (Å²) in [6.45, 7) is 6.50. The molecule has 0 saturated carbocycles. The van der Waals surface area contributed by atoms with Gasteiger partial charge in [-0.05, 0) is 0 Å². The van der Waals surface area contributed by atoms with Crippen LogP contribution in [0, 0.1) is 6.92 Å². The summed E-state index contributed by atoms with van der Waals surface area (Å²) in [4.78, 5) is 0. The van der Waals surface area contributed by atoms with Crippen molar-refractivity contribution in [3.05, 3.63) is 19.6 Å². The number of rotatable bonds is 0. The van der Waals surface area contributed by atoms with Gasteiger partial charge in [0.15, 0.2) is 0 Å². The maximum atomic E-state index is 3.25. The smallest absolute Gasteiger partial charge is 0 e.